The molecule has 0 N–H and O–H groups in total. The van der Waals surface area contributed by atoms with E-state index < -0.39 is 0 Å². The van der Waals surface area contributed by atoms with Gasteiger partial charge in [0.2, 0.25) is 0 Å². The summed E-state index contributed by atoms with van der Waals surface area (Å²) in [7, 11) is 4.10. The zero-order valence-corrected chi connectivity index (χ0v) is 12.2. The minimum atomic E-state index is 0.369. The molecule has 0 bridgehead atoms. The van der Waals surface area contributed by atoms with Gasteiger partial charge in [-0.1, -0.05) is 11.6 Å². The number of aromatic nitrogens is 3. The van der Waals surface area contributed by atoms with Crippen molar-refractivity contribution in [1.82, 2.24) is 19.4 Å². The van der Waals surface area contributed by atoms with Crippen LogP contribution in [-0.2, 0) is 12.4 Å². The van der Waals surface area contributed by atoms with Crippen LogP contribution in [0.1, 0.15) is 12.7 Å². The van der Waals surface area contributed by atoms with Gasteiger partial charge in [-0.3, -0.25) is 0 Å². The van der Waals surface area contributed by atoms with E-state index in [-0.39, 0.29) is 0 Å². The van der Waals surface area contributed by atoms with Crippen LogP contribution in [0.4, 0.5) is 0 Å². The fraction of sp³-hybridized carbons (Fsp3) is 0.500. The summed E-state index contributed by atoms with van der Waals surface area (Å²) in [5, 5.41) is 0.592. The highest BCUT2D eigenvalue weighted by molar-refractivity contribution is 6.31. The van der Waals surface area contributed by atoms with E-state index in [2.05, 4.69) is 40.5 Å². The first kappa shape index (κ1) is 13.6. The number of nitrogens with zero attached hydrogens (tertiary/aromatic N) is 4. The lowest BCUT2D eigenvalue weighted by molar-refractivity contribution is 0.284. The van der Waals surface area contributed by atoms with Crippen molar-refractivity contribution in [3.05, 3.63) is 23.1 Å². The Morgan fingerprint density at radius 1 is 1.44 bits per heavy atom. The van der Waals surface area contributed by atoms with Crippen molar-refractivity contribution in [2.75, 3.05) is 14.1 Å². The highest BCUT2D eigenvalue weighted by atomic mass is 35.5. The largest absolute Gasteiger partial charge is 0.310 e. The molecule has 0 aliphatic carbocycles. The number of hydrogen-bond acceptors (Lipinski definition) is 3. The van der Waals surface area contributed by atoms with E-state index >= 15 is 0 Å². The molecule has 1 atom stereocenters. The normalized spacial score (nSPS) is 13.4. The van der Waals surface area contributed by atoms with Gasteiger partial charge >= 0.3 is 0 Å². The third-order valence-electron chi connectivity index (χ3n) is 3.08. The summed E-state index contributed by atoms with van der Waals surface area (Å²) in [6.45, 7) is 2.96. The molecule has 2 aromatic rings. The lowest BCUT2D eigenvalue weighted by Gasteiger charge is -2.21. The van der Waals surface area contributed by atoms with E-state index in [4.69, 9.17) is 23.2 Å². The van der Waals surface area contributed by atoms with Crippen molar-refractivity contribution in [3.63, 3.8) is 0 Å². The monoisotopic (exact) mass is 286 g/mol. The molecule has 0 aliphatic heterocycles. The summed E-state index contributed by atoms with van der Waals surface area (Å²) in [4.78, 5) is 11.0. The van der Waals surface area contributed by atoms with Gasteiger partial charge in [0, 0.05) is 18.8 Å². The number of halogens is 2. The summed E-state index contributed by atoms with van der Waals surface area (Å²) < 4.78 is 2.06. The van der Waals surface area contributed by atoms with Crippen LogP contribution in [0.3, 0.4) is 0 Å². The highest BCUT2D eigenvalue weighted by Gasteiger charge is 2.15. The summed E-state index contributed by atoms with van der Waals surface area (Å²) in [5.74, 6) is 1.20. The van der Waals surface area contributed by atoms with Crippen molar-refractivity contribution >= 4 is 34.4 Å². The Morgan fingerprint density at radius 3 is 2.78 bits per heavy atom. The predicted molar refractivity (Wildman–Crippen MR) is 75.2 cm³/mol. The molecule has 18 heavy (non-hydrogen) atoms. The molecule has 0 fully saturated rings. The molecule has 2 aromatic heterocycles. The Kier molecular flexibility index (Phi) is 4.10. The van der Waals surface area contributed by atoms with Gasteiger partial charge in [-0.15, -0.1) is 11.6 Å². The molecule has 4 nitrogen and oxygen atoms in total. The Balaban J connectivity index is 2.47. The first-order valence-corrected chi connectivity index (χ1v) is 6.67. The average molecular weight is 287 g/mol. The Bertz CT molecular complexity index is 550. The van der Waals surface area contributed by atoms with E-state index in [1.165, 1.54) is 0 Å². The van der Waals surface area contributed by atoms with Gasteiger partial charge in [-0.05, 0) is 27.1 Å². The maximum Gasteiger partial charge on any atom is 0.160 e. The smallest absolute Gasteiger partial charge is 0.160 e. The van der Waals surface area contributed by atoms with Crippen LogP contribution in [-0.4, -0.2) is 39.6 Å². The molecule has 0 aliphatic rings. The molecular formula is C12H16Cl2N4. The minimum Gasteiger partial charge on any atom is -0.310 e. The van der Waals surface area contributed by atoms with Gasteiger partial charge in [-0.2, -0.15) is 0 Å². The van der Waals surface area contributed by atoms with Crippen molar-refractivity contribution < 1.29 is 0 Å². The van der Waals surface area contributed by atoms with Crippen LogP contribution in [0, 0.1) is 0 Å². The third-order valence-corrected chi connectivity index (χ3v) is 3.52. The standard InChI is InChI=1S/C12H16Cl2N4/c1-8(17(2)3)7-18-11(5-13)16-10-4-9(14)6-15-12(10)18/h4,6,8H,5,7H2,1-3H3. The lowest BCUT2D eigenvalue weighted by atomic mass is 10.3. The summed E-state index contributed by atoms with van der Waals surface area (Å²) in [6, 6.07) is 2.19. The highest BCUT2D eigenvalue weighted by Crippen LogP contribution is 2.19. The van der Waals surface area contributed by atoms with Gasteiger partial charge < -0.3 is 9.47 Å². The van der Waals surface area contributed by atoms with Crippen molar-refractivity contribution in [1.29, 1.82) is 0 Å². The van der Waals surface area contributed by atoms with Gasteiger partial charge in [0.15, 0.2) is 5.65 Å². The fourth-order valence-electron chi connectivity index (χ4n) is 1.75. The molecule has 6 heteroatoms. The molecule has 98 valence electrons. The molecule has 0 amide bonds. The molecule has 0 spiro atoms. The van der Waals surface area contributed by atoms with Gasteiger partial charge in [0.05, 0.1) is 10.9 Å². The second-order valence-electron chi connectivity index (χ2n) is 4.58. The number of alkyl halides is 1. The van der Waals surface area contributed by atoms with Crippen molar-refractivity contribution in [2.45, 2.75) is 25.4 Å². The molecule has 0 radical (unpaired) electrons. The van der Waals surface area contributed by atoms with Gasteiger partial charge in [0.25, 0.3) is 0 Å². The maximum absolute atomic E-state index is 5.95. The molecule has 2 heterocycles. The van der Waals surface area contributed by atoms with Gasteiger partial charge in [-0.25, -0.2) is 9.97 Å². The molecular weight excluding hydrogens is 271 g/mol. The summed E-state index contributed by atoms with van der Waals surface area (Å²) >= 11 is 11.9. The number of rotatable bonds is 4. The van der Waals surface area contributed by atoms with Crippen LogP contribution >= 0.6 is 23.2 Å². The summed E-state index contributed by atoms with van der Waals surface area (Å²) in [6.07, 6.45) is 1.64. The SMILES string of the molecule is CC(Cn1c(CCl)nc2cc(Cl)cnc21)N(C)C. The Hall–Kier alpha value is -0.840. The fourth-order valence-corrected chi connectivity index (χ4v) is 2.11. The van der Waals surface area contributed by atoms with E-state index in [1.807, 2.05) is 6.07 Å². The first-order chi connectivity index (χ1) is 8.52. The molecule has 0 saturated carbocycles. The lowest BCUT2D eigenvalue weighted by Crippen LogP contribution is -2.29. The Morgan fingerprint density at radius 2 is 2.17 bits per heavy atom. The third kappa shape index (κ3) is 2.60. The van der Waals surface area contributed by atoms with E-state index in [9.17, 15) is 0 Å². The second kappa shape index (κ2) is 5.43. The Labute approximate surface area is 117 Å². The van der Waals surface area contributed by atoms with E-state index in [0.29, 0.717) is 16.9 Å². The quantitative estimate of drug-likeness (QED) is 0.811. The van der Waals surface area contributed by atoms with E-state index in [1.54, 1.807) is 6.20 Å². The zero-order valence-electron chi connectivity index (χ0n) is 10.7. The first-order valence-electron chi connectivity index (χ1n) is 5.76. The number of pyridine rings is 1. The van der Waals surface area contributed by atoms with Crippen LogP contribution in [0.5, 0.6) is 0 Å². The number of imidazole rings is 1. The predicted octanol–water partition coefficient (Wildman–Crippen LogP) is 2.77. The minimum absolute atomic E-state index is 0.369. The second-order valence-corrected chi connectivity index (χ2v) is 5.28. The van der Waals surface area contributed by atoms with Crippen LogP contribution in [0.2, 0.25) is 5.02 Å². The van der Waals surface area contributed by atoms with E-state index in [0.717, 1.165) is 23.5 Å². The molecule has 2 rings (SSSR count). The summed E-state index contributed by atoms with van der Waals surface area (Å²) in [5.41, 5.74) is 1.63. The van der Waals surface area contributed by atoms with Crippen LogP contribution in [0.25, 0.3) is 11.2 Å². The zero-order chi connectivity index (χ0) is 13.3. The van der Waals surface area contributed by atoms with Crippen LogP contribution < -0.4 is 0 Å². The number of likely N-dealkylation sites (N-methyl/N-ethyl adjacent to an activating group) is 1. The maximum atomic E-state index is 5.95. The topological polar surface area (TPSA) is 34.0 Å². The average Bonchev–Trinajstić information content (AvgIpc) is 2.66. The van der Waals surface area contributed by atoms with Crippen molar-refractivity contribution in [2.24, 2.45) is 0 Å². The molecule has 0 saturated heterocycles. The number of fused-ring (bicyclic) bond motifs is 1. The molecule has 1 unspecified atom stereocenters. The van der Waals surface area contributed by atoms with Crippen LogP contribution in [0.15, 0.2) is 12.3 Å². The molecule has 0 aromatic carbocycles. The number of hydrogen-bond donors (Lipinski definition) is 0. The van der Waals surface area contributed by atoms with Gasteiger partial charge in [0.1, 0.15) is 11.3 Å². The van der Waals surface area contributed by atoms with Crippen molar-refractivity contribution in [3.8, 4) is 0 Å².